The first-order chi connectivity index (χ1) is 9.50. The fourth-order valence-electron chi connectivity index (χ4n) is 2.51. The highest BCUT2D eigenvalue weighted by Crippen LogP contribution is 2.33. The molecule has 1 atom stereocenters. The van der Waals surface area contributed by atoms with E-state index in [1.54, 1.807) is 11.5 Å². The van der Waals surface area contributed by atoms with E-state index in [1.807, 2.05) is 25.1 Å². The van der Waals surface area contributed by atoms with Crippen molar-refractivity contribution in [3.63, 3.8) is 0 Å². The molecule has 0 fully saturated rings. The van der Waals surface area contributed by atoms with Crippen molar-refractivity contribution in [2.45, 2.75) is 19.9 Å². The molecule has 0 saturated carbocycles. The number of nitrogens with two attached hydrogens (primary N) is 1. The molecule has 1 aromatic carbocycles. The molecule has 6 nitrogen and oxygen atoms in total. The number of hydrogen-bond acceptors (Lipinski definition) is 4. The van der Waals surface area contributed by atoms with Crippen molar-refractivity contribution in [2.75, 3.05) is 5.73 Å². The third-order valence-corrected chi connectivity index (χ3v) is 3.51. The summed E-state index contributed by atoms with van der Waals surface area (Å²) in [5, 5.41) is 10.9. The summed E-state index contributed by atoms with van der Waals surface area (Å²) in [5.41, 5.74) is 8.37. The van der Waals surface area contributed by atoms with Crippen LogP contribution in [0.3, 0.4) is 0 Å². The van der Waals surface area contributed by atoms with Crippen LogP contribution in [0.25, 0.3) is 21.9 Å². The van der Waals surface area contributed by atoms with Gasteiger partial charge >= 0.3 is 5.97 Å². The summed E-state index contributed by atoms with van der Waals surface area (Å²) in [6.07, 6.45) is 1.36. The molecular weight excluding hydrogens is 256 g/mol. The quantitative estimate of drug-likeness (QED) is 0.743. The Morgan fingerprint density at radius 1 is 1.40 bits per heavy atom. The van der Waals surface area contributed by atoms with Crippen molar-refractivity contribution in [1.29, 1.82) is 0 Å². The Morgan fingerprint density at radius 2 is 2.15 bits per heavy atom. The molecule has 6 heteroatoms. The molecule has 3 aromatic rings. The summed E-state index contributed by atoms with van der Waals surface area (Å²) in [7, 11) is 0. The van der Waals surface area contributed by atoms with Crippen LogP contribution in [0.5, 0.6) is 0 Å². The van der Waals surface area contributed by atoms with Crippen molar-refractivity contribution in [1.82, 2.24) is 14.5 Å². The Bertz CT molecular complexity index is 838. The van der Waals surface area contributed by atoms with E-state index in [2.05, 4.69) is 9.97 Å². The fraction of sp³-hybridized carbons (Fsp3) is 0.214. The molecule has 0 aliphatic heterocycles. The lowest BCUT2D eigenvalue weighted by molar-refractivity contribution is -0.140. The number of aryl methyl sites for hydroxylation is 1. The monoisotopic (exact) mass is 270 g/mol. The number of nitrogen functional groups attached to an aromatic ring is 1. The molecule has 0 amide bonds. The molecule has 20 heavy (non-hydrogen) atoms. The molecule has 102 valence electrons. The molecule has 2 heterocycles. The zero-order valence-corrected chi connectivity index (χ0v) is 11.2. The van der Waals surface area contributed by atoms with Gasteiger partial charge in [0.2, 0.25) is 0 Å². The maximum atomic E-state index is 11.3. The molecule has 0 radical (unpaired) electrons. The highest BCUT2D eigenvalue weighted by atomic mass is 16.4. The van der Waals surface area contributed by atoms with Gasteiger partial charge < -0.3 is 15.4 Å². The average molecular weight is 270 g/mol. The summed E-state index contributed by atoms with van der Waals surface area (Å²) in [6, 6.07) is 5.08. The van der Waals surface area contributed by atoms with Crippen molar-refractivity contribution >= 4 is 33.7 Å². The average Bonchev–Trinajstić information content (AvgIpc) is 2.72. The van der Waals surface area contributed by atoms with Crippen LogP contribution in [-0.4, -0.2) is 25.6 Å². The maximum Gasteiger partial charge on any atom is 0.326 e. The standard InChI is InChI=1S/C14H14N4O2/c1-7-3-4-10-9(5-7)11-12(15)16-6-17-13(11)18(10)8(2)14(19)20/h3-6,8H,1-2H3,(H,19,20)(H2,15,16,17). The van der Waals surface area contributed by atoms with Crippen molar-refractivity contribution in [3.8, 4) is 0 Å². The Morgan fingerprint density at radius 3 is 2.85 bits per heavy atom. The number of hydrogen-bond donors (Lipinski definition) is 2. The van der Waals surface area contributed by atoms with Gasteiger partial charge in [-0.2, -0.15) is 0 Å². The van der Waals surface area contributed by atoms with Crippen LogP contribution in [0.15, 0.2) is 24.5 Å². The predicted molar refractivity (Wildman–Crippen MR) is 76.5 cm³/mol. The van der Waals surface area contributed by atoms with Gasteiger partial charge in [-0.3, -0.25) is 0 Å². The van der Waals surface area contributed by atoms with Crippen molar-refractivity contribution < 1.29 is 9.90 Å². The zero-order valence-electron chi connectivity index (χ0n) is 11.2. The second-order valence-corrected chi connectivity index (χ2v) is 4.86. The van der Waals surface area contributed by atoms with E-state index in [0.29, 0.717) is 16.9 Å². The van der Waals surface area contributed by atoms with Gasteiger partial charge in [-0.15, -0.1) is 0 Å². The smallest absolute Gasteiger partial charge is 0.326 e. The van der Waals surface area contributed by atoms with Crippen LogP contribution in [0, 0.1) is 6.92 Å². The van der Waals surface area contributed by atoms with E-state index in [0.717, 1.165) is 16.5 Å². The lowest BCUT2D eigenvalue weighted by Crippen LogP contribution is -2.15. The van der Waals surface area contributed by atoms with Gasteiger partial charge in [-0.1, -0.05) is 11.6 Å². The minimum absolute atomic E-state index is 0.363. The summed E-state index contributed by atoms with van der Waals surface area (Å²) in [4.78, 5) is 19.6. The Hall–Kier alpha value is -2.63. The zero-order chi connectivity index (χ0) is 14.4. The molecule has 0 aliphatic carbocycles. The molecule has 0 spiro atoms. The van der Waals surface area contributed by atoms with E-state index in [1.165, 1.54) is 6.33 Å². The minimum Gasteiger partial charge on any atom is -0.480 e. The number of carboxylic acid groups (broad SMARTS) is 1. The molecular formula is C14H14N4O2. The molecule has 1 unspecified atom stereocenters. The number of carboxylic acids is 1. The van der Waals surface area contributed by atoms with Gasteiger partial charge in [0.05, 0.1) is 10.9 Å². The molecule has 0 saturated heterocycles. The second-order valence-electron chi connectivity index (χ2n) is 4.86. The van der Waals surface area contributed by atoms with E-state index < -0.39 is 12.0 Å². The SMILES string of the molecule is Cc1ccc2c(c1)c1c(N)ncnc1n2C(C)C(=O)O. The summed E-state index contributed by atoms with van der Waals surface area (Å²) in [5.74, 6) is -0.552. The Labute approximate surface area is 114 Å². The largest absolute Gasteiger partial charge is 0.480 e. The number of anilines is 1. The molecule has 2 aromatic heterocycles. The minimum atomic E-state index is -0.915. The first-order valence-electron chi connectivity index (χ1n) is 6.24. The highest BCUT2D eigenvalue weighted by Gasteiger charge is 2.22. The molecule has 0 aliphatic rings. The fourth-order valence-corrected chi connectivity index (χ4v) is 2.51. The molecule has 3 N–H and O–H groups in total. The molecule has 3 rings (SSSR count). The third kappa shape index (κ3) is 1.61. The van der Waals surface area contributed by atoms with E-state index in [4.69, 9.17) is 5.73 Å². The third-order valence-electron chi connectivity index (χ3n) is 3.51. The van der Waals surface area contributed by atoms with E-state index in [-0.39, 0.29) is 0 Å². The summed E-state index contributed by atoms with van der Waals surface area (Å²) in [6.45, 7) is 3.60. The van der Waals surface area contributed by atoms with Crippen LogP contribution in [0.4, 0.5) is 5.82 Å². The Balaban J connectivity index is 2.54. The lowest BCUT2D eigenvalue weighted by Gasteiger charge is -2.11. The van der Waals surface area contributed by atoms with Crippen LogP contribution >= 0.6 is 0 Å². The number of aromatic nitrogens is 3. The van der Waals surface area contributed by atoms with Crippen LogP contribution < -0.4 is 5.73 Å². The lowest BCUT2D eigenvalue weighted by atomic mass is 10.1. The number of carbonyl (C=O) groups is 1. The Kier molecular flexibility index (Phi) is 2.60. The summed E-state index contributed by atoms with van der Waals surface area (Å²) < 4.78 is 1.68. The van der Waals surface area contributed by atoms with E-state index in [9.17, 15) is 9.90 Å². The molecule has 0 bridgehead atoms. The van der Waals surface area contributed by atoms with Crippen LogP contribution in [-0.2, 0) is 4.79 Å². The van der Waals surface area contributed by atoms with Gasteiger partial charge in [0.1, 0.15) is 23.8 Å². The van der Waals surface area contributed by atoms with Gasteiger partial charge in [0, 0.05) is 5.39 Å². The first-order valence-corrected chi connectivity index (χ1v) is 6.24. The topological polar surface area (TPSA) is 94.0 Å². The predicted octanol–water partition coefficient (Wildman–Crippen LogP) is 2.12. The highest BCUT2D eigenvalue weighted by molar-refractivity contribution is 6.12. The normalized spacial score (nSPS) is 12.9. The van der Waals surface area contributed by atoms with Crippen molar-refractivity contribution in [3.05, 3.63) is 30.1 Å². The number of aliphatic carboxylic acids is 1. The maximum absolute atomic E-state index is 11.3. The van der Waals surface area contributed by atoms with Gasteiger partial charge in [-0.25, -0.2) is 14.8 Å². The van der Waals surface area contributed by atoms with Crippen LogP contribution in [0.1, 0.15) is 18.5 Å². The number of nitrogens with zero attached hydrogens (tertiary/aromatic N) is 3. The van der Waals surface area contributed by atoms with E-state index >= 15 is 0 Å². The van der Waals surface area contributed by atoms with Crippen LogP contribution in [0.2, 0.25) is 0 Å². The number of fused-ring (bicyclic) bond motifs is 3. The van der Waals surface area contributed by atoms with Gasteiger partial charge in [-0.05, 0) is 26.0 Å². The number of rotatable bonds is 2. The van der Waals surface area contributed by atoms with Gasteiger partial charge in [0.25, 0.3) is 0 Å². The first kappa shape index (κ1) is 12.4. The van der Waals surface area contributed by atoms with Gasteiger partial charge in [0.15, 0.2) is 0 Å². The number of benzene rings is 1. The summed E-state index contributed by atoms with van der Waals surface area (Å²) >= 11 is 0. The second kappa shape index (κ2) is 4.19. The van der Waals surface area contributed by atoms with Crippen molar-refractivity contribution in [2.24, 2.45) is 0 Å².